The van der Waals surface area contributed by atoms with Crippen molar-refractivity contribution in [1.82, 2.24) is 5.32 Å². The van der Waals surface area contributed by atoms with E-state index in [9.17, 15) is 4.39 Å². The maximum atomic E-state index is 13.5. The molecule has 1 unspecified atom stereocenters. The highest BCUT2D eigenvalue weighted by Gasteiger charge is 2.25. The van der Waals surface area contributed by atoms with Gasteiger partial charge in [0.05, 0.1) is 0 Å². The predicted octanol–water partition coefficient (Wildman–Crippen LogP) is 4.20. The quantitative estimate of drug-likeness (QED) is 0.786. The zero-order valence-electron chi connectivity index (χ0n) is 13.8. The van der Waals surface area contributed by atoms with Crippen molar-refractivity contribution in [3.8, 4) is 0 Å². The van der Waals surface area contributed by atoms with Crippen molar-refractivity contribution in [3.63, 3.8) is 0 Å². The summed E-state index contributed by atoms with van der Waals surface area (Å²) in [6, 6.07) is 5.45. The van der Waals surface area contributed by atoms with Crippen LogP contribution in [0.25, 0.3) is 0 Å². The minimum absolute atomic E-state index is 0.168. The number of benzene rings is 1. The van der Waals surface area contributed by atoms with Gasteiger partial charge in [0.15, 0.2) is 0 Å². The molecule has 0 aliphatic rings. The molecule has 0 fully saturated rings. The third kappa shape index (κ3) is 4.48. The first-order valence-electron chi connectivity index (χ1n) is 7.49. The summed E-state index contributed by atoms with van der Waals surface area (Å²) in [4.78, 5) is 2.25. The van der Waals surface area contributed by atoms with Gasteiger partial charge in [-0.3, -0.25) is 0 Å². The molecule has 1 rings (SSSR count). The molecule has 0 aliphatic carbocycles. The first-order chi connectivity index (χ1) is 9.27. The minimum atomic E-state index is -0.168. The van der Waals surface area contributed by atoms with Crippen LogP contribution in [0.4, 0.5) is 10.1 Å². The molecule has 0 aliphatic heterocycles. The summed E-state index contributed by atoms with van der Waals surface area (Å²) in [7, 11) is 2.09. The first kappa shape index (κ1) is 17.0. The smallest absolute Gasteiger partial charge is 0.123 e. The van der Waals surface area contributed by atoms with Gasteiger partial charge in [0.1, 0.15) is 5.82 Å². The van der Waals surface area contributed by atoms with Crippen LogP contribution in [0.15, 0.2) is 18.2 Å². The number of halogens is 1. The molecular weight excluding hydrogens is 251 g/mol. The van der Waals surface area contributed by atoms with Crippen molar-refractivity contribution >= 4 is 5.69 Å². The summed E-state index contributed by atoms with van der Waals surface area (Å²) in [5, 5.41) is 3.36. The van der Waals surface area contributed by atoms with E-state index in [0.29, 0.717) is 12.6 Å². The third-order valence-electron chi connectivity index (χ3n) is 4.00. The molecule has 0 spiro atoms. The molecule has 0 saturated heterocycles. The molecule has 2 nitrogen and oxygen atoms in total. The Bertz CT molecular complexity index is 423. The van der Waals surface area contributed by atoms with Crippen LogP contribution in [-0.4, -0.2) is 19.6 Å². The van der Waals surface area contributed by atoms with Gasteiger partial charge >= 0.3 is 0 Å². The summed E-state index contributed by atoms with van der Waals surface area (Å²) in [5.74, 6) is -0.168. The normalized spacial score (nSPS) is 13.3. The van der Waals surface area contributed by atoms with Crippen molar-refractivity contribution in [2.45, 2.75) is 53.6 Å². The van der Waals surface area contributed by atoms with Gasteiger partial charge in [0, 0.05) is 25.3 Å². The van der Waals surface area contributed by atoms with E-state index >= 15 is 0 Å². The Balaban J connectivity index is 2.98. The van der Waals surface area contributed by atoms with Gasteiger partial charge in [-0.05, 0) is 49.1 Å². The molecule has 1 atom stereocenters. The van der Waals surface area contributed by atoms with Crippen molar-refractivity contribution < 1.29 is 4.39 Å². The molecule has 0 radical (unpaired) electrons. The lowest BCUT2D eigenvalue weighted by molar-refractivity contribution is 0.329. The Hall–Kier alpha value is -1.09. The number of hydrogen-bond donors (Lipinski definition) is 1. The van der Waals surface area contributed by atoms with Gasteiger partial charge in [0.2, 0.25) is 0 Å². The highest BCUT2D eigenvalue weighted by atomic mass is 19.1. The van der Waals surface area contributed by atoms with E-state index in [4.69, 9.17) is 0 Å². The fraction of sp³-hybridized carbons (Fsp3) is 0.647. The lowest BCUT2D eigenvalue weighted by Crippen LogP contribution is -2.40. The Morgan fingerprint density at radius 2 is 1.95 bits per heavy atom. The van der Waals surface area contributed by atoms with Crippen LogP contribution in [0.1, 0.15) is 46.6 Å². The average molecular weight is 280 g/mol. The van der Waals surface area contributed by atoms with Crippen molar-refractivity contribution in [1.29, 1.82) is 0 Å². The summed E-state index contributed by atoms with van der Waals surface area (Å²) in [6.07, 6.45) is 1.08. The molecule has 114 valence electrons. The van der Waals surface area contributed by atoms with Crippen molar-refractivity contribution in [2.24, 2.45) is 5.41 Å². The van der Waals surface area contributed by atoms with E-state index in [0.717, 1.165) is 24.2 Å². The lowest BCUT2D eigenvalue weighted by atomic mass is 9.86. The Labute approximate surface area is 123 Å². The van der Waals surface area contributed by atoms with E-state index in [1.165, 1.54) is 0 Å². The molecule has 1 N–H and O–H groups in total. The van der Waals surface area contributed by atoms with Crippen LogP contribution in [-0.2, 0) is 6.54 Å². The van der Waals surface area contributed by atoms with Gasteiger partial charge in [-0.2, -0.15) is 0 Å². The van der Waals surface area contributed by atoms with Crippen LogP contribution in [0.5, 0.6) is 0 Å². The number of hydrogen-bond acceptors (Lipinski definition) is 2. The summed E-state index contributed by atoms with van der Waals surface area (Å²) >= 11 is 0. The largest absolute Gasteiger partial charge is 0.371 e. The molecule has 3 heteroatoms. The molecule has 1 aromatic rings. The van der Waals surface area contributed by atoms with Crippen LogP contribution in [0, 0.1) is 11.2 Å². The predicted molar refractivity (Wildman–Crippen MR) is 85.7 cm³/mol. The monoisotopic (exact) mass is 280 g/mol. The van der Waals surface area contributed by atoms with E-state index in [1.54, 1.807) is 12.1 Å². The van der Waals surface area contributed by atoms with Crippen molar-refractivity contribution in [2.75, 3.05) is 18.5 Å². The van der Waals surface area contributed by atoms with E-state index < -0.39 is 0 Å². The van der Waals surface area contributed by atoms with Gasteiger partial charge in [-0.15, -0.1) is 0 Å². The third-order valence-corrected chi connectivity index (χ3v) is 4.00. The second kappa shape index (κ2) is 7.07. The lowest BCUT2D eigenvalue weighted by Gasteiger charge is -2.38. The topological polar surface area (TPSA) is 15.3 Å². The second-order valence-corrected chi connectivity index (χ2v) is 6.60. The summed E-state index contributed by atoms with van der Waals surface area (Å²) < 4.78 is 13.5. The summed E-state index contributed by atoms with van der Waals surface area (Å²) in [5.41, 5.74) is 2.31. The fourth-order valence-electron chi connectivity index (χ4n) is 2.23. The Morgan fingerprint density at radius 1 is 1.30 bits per heavy atom. The summed E-state index contributed by atoms with van der Waals surface area (Å²) in [6.45, 7) is 12.7. The highest BCUT2D eigenvalue weighted by Crippen LogP contribution is 2.29. The van der Waals surface area contributed by atoms with Gasteiger partial charge < -0.3 is 10.2 Å². The standard InChI is InChI=1S/C17H29FN2/c1-7-10-19-12-14-11-15(18)8-9-16(14)20(6)13(2)17(3,4)5/h8-9,11,13,19H,7,10,12H2,1-6H3. The van der Waals surface area contributed by atoms with Crippen LogP contribution in [0.3, 0.4) is 0 Å². The zero-order chi connectivity index (χ0) is 15.3. The SMILES string of the molecule is CCCNCc1cc(F)ccc1N(C)C(C)C(C)(C)C. The van der Waals surface area contributed by atoms with Gasteiger partial charge in [-0.1, -0.05) is 27.7 Å². The molecule has 1 aromatic carbocycles. The van der Waals surface area contributed by atoms with Gasteiger partial charge in [0.25, 0.3) is 0 Å². The van der Waals surface area contributed by atoms with Crippen LogP contribution < -0.4 is 10.2 Å². The van der Waals surface area contributed by atoms with Crippen LogP contribution in [0.2, 0.25) is 0 Å². The van der Waals surface area contributed by atoms with Gasteiger partial charge in [-0.25, -0.2) is 4.39 Å². The molecule has 0 saturated carbocycles. The van der Waals surface area contributed by atoms with E-state index in [1.807, 2.05) is 6.07 Å². The number of nitrogens with one attached hydrogen (secondary N) is 1. The zero-order valence-corrected chi connectivity index (χ0v) is 13.8. The molecule has 20 heavy (non-hydrogen) atoms. The van der Waals surface area contributed by atoms with Crippen molar-refractivity contribution in [3.05, 3.63) is 29.6 Å². The maximum absolute atomic E-state index is 13.5. The Kier molecular flexibility index (Phi) is 6.00. The molecule has 0 aromatic heterocycles. The molecular formula is C17H29FN2. The minimum Gasteiger partial charge on any atom is -0.371 e. The molecule has 0 bridgehead atoms. The first-order valence-corrected chi connectivity index (χ1v) is 7.49. The average Bonchev–Trinajstić information content (AvgIpc) is 2.36. The number of nitrogens with zero attached hydrogens (tertiary/aromatic N) is 1. The maximum Gasteiger partial charge on any atom is 0.123 e. The fourth-order valence-corrected chi connectivity index (χ4v) is 2.23. The molecule has 0 heterocycles. The molecule has 0 amide bonds. The second-order valence-electron chi connectivity index (χ2n) is 6.60. The number of anilines is 1. The van der Waals surface area contributed by atoms with E-state index in [2.05, 4.69) is 51.9 Å². The van der Waals surface area contributed by atoms with E-state index in [-0.39, 0.29) is 11.2 Å². The van der Waals surface area contributed by atoms with Crippen LogP contribution >= 0.6 is 0 Å². The number of rotatable bonds is 6. The Morgan fingerprint density at radius 3 is 2.50 bits per heavy atom. The highest BCUT2D eigenvalue weighted by molar-refractivity contribution is 5.54.